The quantitative estimate of drug-likeness (QED) is 0.601. The fraction of sp³-hybridized carbons (Fsp3) is 0.111. The Balaban J connectivity index is 2.89. The van der Waals surface area contributed by atoms with Crippen LogP contribution < -0.4 is 5.32 Å². The molecule has 1 rings (SSSR count). The van der Waals surface area contributed by atoms with Crippen molar-refractivity contribution in [2.24, 2.45) is 0 Å². The zero-order valence-corrected chi connectivity index (χ0v) is 8.82. The summed E-state index contributed by atoms with van der Waals surface area (Å²) in [6, 6.07) is 7.45. The lowest BCUT2D eigenvalue weighted by molar-refractivity contribution is -0.697. The molecule has 1 N–H and O–H groups in total. The van der Waals surface area contributed by atoms with Gasteiger partial charge in [-0.15, -0.1) is 0 Å². The van der Waals surface area contributed by atoms with Crippen molar-refractivity contribution in [2.75, 3.05) is 7.05 Å². The standard InChI is InChI=1S/C9H9N3O5/c1-10-9(14)17-11(12(15)16)8(13)7-5-3-2-4-6-7/h2-6H,1H3,(H,10,14). The number of nitrogens with zero attached hydrogens (tertiary/aromatic N) is 2. The summed E-state index contributed by atoms with van der Waals surface area (Å²) in [7, 11) is 1.22. The van der Waals surface area contributed by atoms with Crippen LogP contribution in [0.5, 0.6) is 0 Å². The lowest BCUT2D eigenvalue weighted by atomic mass is 10.2. The van der Waals surface area contributed by atoms with Crippen LogP contribution in [0.15, 0.2) is 30.3 Å². The van der Waals surface area contributed by atoms with Crippen molar-refractivity contribution >= 4 is 12.0 Å². The van der Waals surface area contributed by atoms with Gasteiger partial charge in [-0.05, 0) is 12.1 Å². The molecule has 90 valence electrons. The highest BCUT2D eigenvalue weighted by Gasteiger charge is 2.30. The summed E-state index contributed by atoms with van der Waals surface area (Å²) in [5.74, 6) is -1.04. The smallest absolute Gasteiger partial charge is 0.323 e. The molecule has 1 aromatic carbocycles. The second kappa shape index (κ2) is 5.45. The summed E-state index contributed by atoms with van der Waals surface area (Å²) in [6.45, 7) is 0. The van der Waals surface area contributed by atoms with Gasteiger partial charge < -0.3 is 5.32 Å². The second-order valence-electron chi connectivity index (χ2n) is 2.81. The minimum atomic E-state index is -1.12. The number of rotatable bonds is 2. The summed E-state index contributed by atoms with van der Waals surface area (Å²) in [4.78, 5) is 37.2. The van der Waals surface area contributed by atoms with Gasteiger partial charge in [0.15, 0.2) is 0 Å². The Labute approximate surface area is 95.8 Å². The average Bonchev–Trinajstić information content (AvgIpc) is 2.35. The molecule has 0 saturated heterocycles. The number of carbonyl (C=O) groups excluding carboxylic acids is 2. The summed E-state index contributed by atoms with van der Waals surface area (Å²) in [5.41, 5.74) is 0.0353. The van der Waals surface area contributed by atoms with Crippen LogP contribution in [-0.4, -0.2) is 29.3 Å². The van der Waals surface area contributed by atoms with Crippen molar-refractivity contribution in [3.05, 3.63) is 46.0 Å². The van der Waals surface area contributed by atoms with Crippen LogP contribution in [0.3, 0.4) is 0 Å². The van der Waals surface area contributed by atoms with E-state index in [9.17, 15) is 19.7 Å². The van der Waals surface area contributed by atoms with E-state index in [2.05, 4.69) is 4.84 Å². The van der Waals surface area contributed by atoms with Gasteiger partial charge >= 0.3 is 12.0 Å². The van der Waals surface area contributed by atoms with Crippen molar-refractivity contribution in [1.29, 1.82) is 0 Å². The fourth-order valence-corrected chi connectivity index (χ4v) is 0.964. The van der Waals surface area contributed by atoms with Crippen molar-refractivity contribution in [3.8, 4) is 0 Å². The van der Waals surface area contributed by atoms with E-state index in [0.29, 0.717) is 0 Å². The number of nitro groups is 1. The third-order valence-electron chi connectivity index (χ3n) is 1.72. The van der Waals surface area contributed by atoms with Gasteiger partial charge in [0.1, 0.15) is 5.17 Å². The van der Waals surface area contributed by atoms with Gasteiger partial charge in [0.25, 0.3) is 0 Å². The molecule has 0 bridgehead atoms. The normalized spacial score (nSPS) is 9.24. The molecule has 0 radical (unpaired) electrons. The van der Waals surface area contributed by atoms with Crippen LogP contribution in [0.25, 0.3) is 0 Å². The third kappa shape index (κ3) is 3.16. The third-order valence-corrected chi connectivity index (χ3v) is 1.72. The van der Waals surface area contributed by atoms with E-state index in [1.54, 1.807) is 6.07 Å². The van der Waals surface area contributed by atoms with Crippen LogP contribution >= 0.6 is 0 Å². The molecule has 2 amide bonds. The van der Waals surface area contributed by atoms with Gasteiger partial charge in [0.2, 0.25) is 5.03 Å². The summed E-state index contributed by atoms with van der Waals surface area (Å²) >= 11 is 0. The van der Waals surface area contributed by atoms with Crippen molar-refractivity contribution < 1.29 is 19.5 Å². The summed E-state index contributed by atoms with van der Waals surface area (Å²) in [5, 5.41) is 11.2. The number of hydroxylamine groups is 1. The second-order valence-corrected chi connectivity index (χ2v) is 2.81. The number of amides is 2. The minimum Gasteiger partial charge on any atom is -0.323 e. The maximum atomic E-state index is 11.6. The van der Waals surface area contributed by atoms with Crippen LogP contribution in [-0.2, 0) is 4.84 Å². The van der Waals surface area contributed by atoms with Crippen LogP contribution in [0.1, 0.15) is 10.4 Å². The van der Waals surface area contributed by atoms with Crippen molar-refractivity contribution in [1.82, 2.24) is 10.5 Å². The van der Waals surface area contributed by atoms with E-state index in [4.69, 9.17) is 0 Å². The number of benzene rings is 1. The van der Waals surface area contributed by atoms with Crippen LogP contribution in [0.4, 0.5) is 4.79 Å². The Morgan fingerprint density at radius 1 is 1.35 bits per heavy atom. The molecule has 0 aliphatic heterocycles. The van der Waals surface area contributed by atoms with E-state index >= 15 is 0 Å². The molecule has 0 aliphatic rings. The molecular formula is C9H9N3O5. The predicted molar refractivity (Wildman–Crippen MR) is 55.1 cm³/mol. The van der Waals surface area contributed by atoms with Crippen LogP contribution in [0, 0.1) is 10.1 Å². The molecule has 8 heteroatoms. The summed E-state index contributed by atoms with van der Waals surface area (Å²) < 4.78 is 0. The highest BCUT2D eigenvalue weighted by atomic mass is 16.9. The molecule has 0 aromatic heterocycles. The maximum absolute atomic E-state index is 11.6. The number of hydrogen-bond acceptors (Lipinski definition) is 5. The lowest BCUT2D eigenvalue weighted by Gasteiger charge is -2.10. The Bertz CT molecular complexity index is 434. The average molecular weight is 239 g/mol. The highest BCUT2D eigenvalue weighted by molar-refractivity contribution is 5.93. The predicted octanol–water partition coefficient (Wildman–Crippen LogP) is 0.591. The number of hydrazine groups is 1. The van der Waals surface area contributed by atoms with Gasteiger partial charge in [0.05, 0.1) is 0 Å². The monoisotopic (exact) mass is 239 g/mol. The Morgan fingerprint density at radius 2 is 1.94 bits per heavy atom. The first-order valence-electron chi connectivity index (χ1n) is 4.49. The van der Waals surface area contributed by atoms with E-state index in [-0.39, 0.29) is 10.7 Å². The molecular weight excluding hydrogens is 230 g/mol. The molecule has 0 unspecified atom stereocenters. The van der Waals surface area contributed by atoms with Crippen molar-refractivity contribution in [2.45, 2.75) is 0 Å². The molecule has 0 spiro atoms. The van der Waals surface area contributed by atoms with Gasteiger partial charge in [-0.3, -0.25) is 9.63 Å². The van der Waals surface area contributed by atoms with Gasteiger partial charge in [-0.25, -0.2) is 14.9 Å². The van der Waals surface area contributed by atoms with E-state index in [0.717, 1.165) is 0 Å². The molecule has 0 saturated carbocycles. The zero-order valence-electron chi connectivity index (χ0n) is 8.82. The van der Waals surface area contributed by atoms with E-state index in [1.165, 1.54) is 31.3 Å². The first-order valence-corrected chi connectivity index (χ1v) is 4.49. The molecule has 17 heavy (non-hydrogen) atoms. The summed E-state index contributed by atoms with van der Waals surface area (Å²) in [6.07, 6.45) is -1.11. The topological polar surface area (TPSA) is 102 Å². The fourth-order valence-electron chi connectivity index (χ4n) is 0.964. The van der Waals surface area contributed by atoms with Gasteiger partial charge in [-0.2, -0.15) is 0 Å². The Hall–Kier alpha value is -2.64. The first kappa shape index (κ1) is 12.4. The zero-order chi connectivity index (χ0) is 12.8. The first-order chi connectivity index (χ1) is 8.06. The van der Waals surface area contributed by atoms with Gasteiger partial charge in [-0.1, -0.05) is 18.2 Å². The maximum Gasteiger partial charge on any atom is 0.436 e. The number of carbonyl (C=O) groups is 2. The Kier molecular flexibility index (Phi) is 3.98. The molecule has 0 atom stereocenters. The molecule has 0 heterocycles. The van der Waals surface area contributed by atoms with Crippen molar-refractivity contribution in [3.63, 3.8) is 0 Å². The van der Waals surface area contributed by atoms with Crippen LogP contribution in [0.2, 0.25) is 0 Å². The molecule has 0 fully saturated rings. The largest absolute Gasteiger partial charge is 0.436 e. The molecule has 0 aliphatic carbocycles. The van der Waals surface area contributed by atoms with E-state index in [1.807, 2.05) is 5.32 Å². The molecule has 8 nitrogen and oxygen atoms in total. The lowest BCUT2D eigenvalue weighted by Crippen LogP contribution is -2.40. The molecule has 1 aromatic rings. The Morgan fingerprint density at radius 3 is 2.41 bits per heavy atom. The number of nitrogens with one attached hydrogen (secondary N) is 1. The van der Waals surface area contributed by atoms with E-state index < -0.39 is 17.0 Å². The minimum absolute atomic E-state index is 0.0353. The number of hydrogen-bond donors (Lipinski definition) is 1. The van der Waals surface area contributed by atoms with Gasteiger partial charge in [0, 0.05) is 12.6 Å². The highest BCUT2D eigenvalue weighted by Crippen LogP contribution is 2.05. The SMILES string of the molecule is CNC(=O)ON(C(=O)c1ccccc1)[N+](=O)[O-].